The fourth-order valence-electron chi connectivity index (χ4n) is 6.04. The fraction of sp³-hybridized carbons (Fsp3) is 0.353. The van der Waals surface area contributed by atoms with Crippen molar-refractivity contribution in [2.75, 3.05) is 26.2 Å². The van der Waals surface area contributed by atoms with E-state index in [-0.39, 0.29) is 35.0 Å². The molecule has 2 aromatic carbocycles. The number of nitrogens with zero attached hydrogens (tertiary/aromatic N) is 8. The van der Waals surface area contributed by atoms with Gasteiger partial charge in [0.25, 0.3) is 11.8 Å². The van der Waals surface area contributed by atoms with Crippen molar-refractivity contribution in [3.8, 4) is 0 Å². The summed E-state index contributed by atoms with van der Waals surface area (Å²) >= 11 is 0. The van der Waals surface area contributed by atoms with Gasteiger partial charge < -0.3 is 18.8 Å². The maximum Gasteiger partial charge on any atom is 0.274 e. The number of carbonyl (C=O) groups is 2. The van der Waals surface area contributed by atoms with Crippen molar-refractivity contribution in [3.63, 3.8) is 0 Å². The van der Waals surface area contributed by atoms with E-state index in [4.69, 9.17) is 9.05 Å². The molecule has 0 N–H and O–H groups in total. The van der Waals surface area contributed by atoms with Crippen LogP contribution in [0.4, 0.5) is 0 Å². The monoisotopic (exact) mass is 618 g/mol. The molecular weight excluding hydrogens is 584 g/mol. The normalized spacial score (nSPS) is 17.9. The minimum Gasteiger partial charge on any atom is -0.339 e. The van der Waals surface area contributed by atoms with E-state index in [0.29, 0.717) is 62.5 Å². The van der Waals surface area contributed by atoms with Crippen LogP contribution in [-0.2, 0) is 25.7 Å². The van der Waals surface area contributed by atoms with Gasteiger partial charge in [-0.15, -0.1) is 0 Å². The molecule has 0 radical (unpaired) electrons. The largest absolute Gasteiger partial charge is 0.339 e. The second-order valence-corrected chi connectivity index (χ2v) is 11.8. The molecule has 5 heterocycles. The summed E-state index contributed by atoms with van der Waals surface area (Å²) in [4.78, 5) is 47.6. The summed E-state index contributed by atoms with van der Waals surface area (Å²) in [7, 11) is 0. The summed E-state index contributed by atoms with van der Waals surface area (Å²) in [6.07, 6.45) is 7.24. The van der Waals surface area contributed by atoms with Crippen LogP contribution in [0.25, 0.3) is 0 Å². The van der Waals surface area contributed by atoms with E-state index in [2.05, 4.69) is 54.5 Å². The lowest BCUT2D eigenvalue weighted by atomic mass is 10.1. The molecule has 2 fully saturated rings. The number of aromatic nitrogens is 6. The van der Waals surface area contributed by atoms with E-state index in [0.717, 1.165) is 25.7 Å². The highest BCUT2D eigenvalue weighted by Crippen LogP contribution is 2.28. The SMILES string of the molecule is O=C(c1cnc(C(=O)N2CC[C@@H](c3nc(CCc4ccccc4)no3)C2)cn1)N1CC[C@@H](c2nc(CCc3ccccc3)no2)C1. The quantitative estimate of drug-likeness (QED) is 0.225. The van der Waals surface area contributed by atoms with Gasteiger partial charge in [-0.3, -0.25) is 9.59 Å². The van der Waals surface area contributed by atoms with Gasteiger partial charge in [0.2, 0.25) is 11.8 Å². The van der Waals surface area contributed by atoms with Crippen LogP contribution >= 0.6 is 0 Å². The van der Waals surface area contributed by atoms with E-state index in [9.17, 15) is 9.59 Å². The fourth-order valence-corrected chi connectivity index (χ4v) is 6.04. The second kappa shape index (κ2) is 13.4. The number of amides is 2. The number of hydrogen-bond donors (Lipinski definition) is 0. The lowest BCUT2D eigenvalue weighted by molar-refractivity contribution is 0.0768. The van der Waals surface area contributed by atoms with Gasteiger partial charge in [-0.2, -0.15) is 9.97 Å². The smallest absolute Gasteiger partial charge is 0.274 e. The van der Waals surface area contributed by atoms with Crippen molar-refractivity contribution >= 4 is 11.8 Å². The van der Waals surface area contributed by atoms with Gasteiger partial charge in [-0.25, -0.2) is 9.97 Å². The molecule has 0 aliphatic carbocycles. The number of benzene rings is 2. The van der Waals surface area contributed by atoms with Gasteiger partial charge in [0.15, 0.2) is 11.6 Å². The first-order chi connectivity index (χ1) is 22.6. The summed E-state index contributed by atoms with van der Waals surface area (Å²) < 4.78 is 11.1. The molecule has 12 heteroatoms. The molecule has 0 unspecified atom stereocenters. The third-order valence-electron chi connectivity index (χ3n) is 8.67. The molecule has 2 aliphatic heterocycles. The van der Waals surface area contributed by atoms with Gasteiger partial charge in [0.05, 0.1) is 24.2 Å². The Kier molecular flexibility index (Phi) is 8.57. The molecule has 0 saturated carbocycles. The average molecular weight is 619 g/mol. The molecule has 234 valence electrons. The van der Waals surface area contributed by atoms with Crippen LogP contribution in [0.5, 0.6) is 0 Å². The molecule has 2 saturated heterocycles. The first-order valence-electron chi connectivity index (χ1n) is 15.7. The highest BCUT2D eigenvalue weighted by molar-refractivity contribution is 5.94. The van der Waals surface area contributed by atoms with Crippen molar-refractivity contribution in [3.05, 3.63) is 119 Å². The van der Waals surface area contributed by atoms with Crippen LogP contribution in [0.15, 0.2) is 82.1 Å². The summed E-state index contributed by atoms with van der Waals surface area (Å²) in [6, 6.07) is 20.4. The van der Waals surface area contributed by atoms with Crippen molar-refractivity contribution in [2.24, 2.45) is 0 Å². The Morgan fingerprint density at radius 3 is 1.48 bits per heavy atom. The Balaban J connectivity index is 0.895. The highest BCUT2D eigenvalue weighted by Gasteiger charge is 2.34. The molecule has 0 bridgehead atoms. The lowest BCUT2D eigenvalue weighted by Crippen LogP contribution is -2.31. The predicted molar refractivity (Wildman–Crippen MR) is 165 cm³/mol. The standard InChI is InChI=1S/C34H34N8O4/c43-33(41-17-15-25(21-41)31-37-29(39-45-31)13-11-23-7-3-1-4-8-23)27-19-36-28(20-35-27)34(44)42-18-16-26(22-42)32-38-30(40-46-32)14-12-24-9-5-2-6-10-24/h1-10,19-20,25-26H,11-18,21-22H2/t25-,26-/m1/s1. The van der Waals surface area contributed by atoms with Gasteiger partial charge in [-0.1, -0.05) is 71.0 Å². The highest BCUT2D eigenvalue weighted by atomic mass is 16.5. The maximum absolute atomic E-state index is 13.2. The number of carbonyl (C=O) groups excluding carboxylic acids is 2. The first kappa shape index (κ1) is 29.5. The molecule has 3 aromatic heterocycles. The summed E-state index contributed by atoms with van der Waals surface area (Å²) in [5, 5.41) is 8.29. The van der Waals surface area contributed by atoms with Crippen molar-refractivity contribution < 1.29 is 18.6 Å². The zero-order chi connectivity index (χ0) is 31.3. The van der Waals surface area contributed by atoms with Crippen molar-refractivity contribution in [2.45, 2.75) is 50.4 Å². The van der Waals surface area contributed by atoms with E-state index in [1.165, 1.54) is 23.5 Å². The van der Waals surface area contributed by atoms with Crippen LogP contribution in [-0.4, -0.2) is 78.0 Å². The molecule has 7 rings (SSSR count). The Bertz CT molecular complexity index is 1640. The van der Waals surface area contributed by atoms with E-state index >= 15 is 0 Å². The summed E-state index contributed by atoms with van der Waals surface area (Å²) in [5.41, 5.74) is 2.83. The van der Waals surface area contributed by atoms with Gasteiger partial charge in [0.1, 0.15) is 11.4 Å². The Morgan fingerprint density at radius 2 is 1.07 bits per heavy atom. The first-order valence-corrected chi connectivity index (χ1v) is 15.7. The van der Waals surface area contributed by atoms with Crippen LogP contribution in [0, 0.1) is 0 Å². The van der Waals surface area contributed by atoms with Gasteiger partial charge in [-0.05, 0) is 36.8 Å². The number of rotatable bonds is 10. The summed E-state index contributed by atoms with van der Waals surface area (Å²) in [5.74, 6) is 1.91. The minimum atomic E-state index is -0.237. The van der Waals surface area contributed by atoms with Gasteiger partial charge in [0, 0.05) is 39.0 Å². The second-order valence-electron chi connectivity index (χ2n) is 11.8. The zero-order valence-corrected chi connectivity index (χ0v) is 25.4. The third kappa shape index (κ3) is 6.70. The van der Waals surface area contributed by atoms with E-state index < -0.39 is 0 Å². The number of hydrogen-bond acceptors (Lipinski definition) is 10. The Morgan fingerprint density at radius 1 is 0.630 bits per heavy atom. The lowest BCUT2D eigenvalue weighted by Gasteiger charge is -2.16. The van der Waals surface area contributed by atoms with Crippen molar-refractivity contribution in [1.29, 1.82) is 0 Å². The molecule has 5 aromatic rings. The van der Waals surface area contributed by atoms with Gasteiger partial charge >= 0.3 is 0 Å². The average Bonchev–Trinajstić information content (AvgIpc) is 3.94. The molecule has 12 nitrogen and oxygen atoms in total. The molecule has 2 atom stereocenters. The van der Waals surface area contributed by atoms with Crippen LogP contribution in [0.2, 0.25) is 0 Å². The molecule has 2 amide bonds. The van der Waals surface area contributed by atoms with Crippen LogP contribution in [0.1, 0.15) is 80.2 Å². The van der Waals surface area contributed by atoms with Crippen molar-refractivity contribution in [1.82, 2.24) is 40.0 Å². The topological polar surface area (TPSA) is 144 Å². The molecular formula is C34H34N8O4. The maximum atomic E-state index is 13.2. The Labute approximate surface area is 265 Å². The van der Waals surface area contributed by atoms with E-state index in [1.807, 2.05) is 36.4 Å². The number of aryl methyl sites for hydroxylation is 4. The minimum absolute atomic E-state index is 0.0300. The van der Waals surface area contributed by atoms with Crippen LogP contribution in [0.3, 0.4) is 0 Å². The molecule has 2 aliphatic rings. The van der Waals surface area contributed by atoms with E-state index in [1.54, 1.807) is 9.80 Å². The zero-order valence-electron chi connectivity index (χ0n) is 25.4. The molecule has 0 spiro atoms. The predicted octanol–water partition coefficient (Wildman–Crippen LogP) is 4.07. The summed E-state index contributed by atoms with van der Waals surface area (Å²) in [6.45, 7) is 2.01. The van der Waals surface area contributed by atoms with Crippen LogP contribution < -0.4 is 0 Å². The Hall–Kier alpha value is -5.26. The molecule has 46 heavy (non-hydrogen) atoms. The third-order valence-corrected chi connectivity index (χ3v) is 8.67. The number of likely N-dealkylation sites (tertiary alicyclic amines) is 2.